The predicted molar refractivity (Wildman–Crippen MR) is 99.4 cm³/mol. The number of amides is 1. The molecule has 4 rings (SSSR count). The van der Waals surface area contributed by atoms with Crippen LogP contribution in [-0.2, 0) is 21.3 Å². The Labute approximate surface area is 166 Å². The first kappa shape index (κ1) is 19.0. The Morgan fingerprint density at radius 3 is 2.55 bits per heavy atom. The van der Waals surface area contributed by atoms with E-state index in [2.05, 4.69) is 30.6 Å². The highest BCUT2D eigenvalue weighted by Gasteiger charge is 2.38. The number of benzene rings is 1. The molecule has 0 bridgehead atoms. The van der Waals surface area contributed by atoms with Crippen molar-refractivity contribution in [1.82, 2.24) is 34.3 Å². The van der Waals surface area contributed by atoms with Gasteiger partial charge in [0.2, 0.25) is 10.0 Å². The average molecular weight is 418 g/mol. The van der Waals surface area contributed by atoms with Gasteiger partial charge in [-0.1, -0.05) is 5.21 Å². The summed E-state index contributed by atoms with van der Waals surface area (Å²) in [6.45, 7) is 0.994. The molecule has 1 amide bonds. The maximum absolute atomic E-state index is 12.7. The van der Waals surface area contributed by atoms with Crippen LogP contribution in [0.25, 0.3) is 0 Å². The maximum atomic E-state index is 12.7. The van der Waals surface area contributed by atoms with Crippen molar-refractivity contribution in [2.75, 3.05) is 25.5 Å². The van der Waals surface area contributed by atoms with E-state index in [0.717, 1.165) is 0 Å². The summed E-state index contributed by atoms with van der Waals surface area (Å²) in [6.07, 6.45) is 4.31. The summed E-state index contributed by atoms with van der Waals surface area (Å²) in [6, 6.07) is 5.82. The summed E-state index contributed by atoms with van der Waals surface area (Å²) in [7, 11) is -2.37. The number of nitrogens with zero attached hydrogens (tertiary/aromatic N) is 7. The highest BCUT2D eigenvalue weighted by Crippen LogP contribution is 2.28. The molecule has 0 aliphatic carbocycles. The third kappa shape index (κ3) is 3.95. The zero-order valence-electron chi connectivity index (χ0n) is 15.4. The van der Waals surface area contributed by atoms with Gasteiger partial charge in [0.05, 0.1) is 36.6 Å². The molecule has 1 aromatic carbocycles. The van der Waals surface area contributed by atoms with E-state index in [9.17, 15) is 13.2 Å². The Bertz CT molecular complexity index is 1090. The van der Waals surface area contributed by atoms with E-state index in [1.54, 1.807) is 23.3 Å². The minimum Gasteiger partial charge on any atom is -0.453 e. The van der Waals surface area contributed by atoms with Crippen molar-refractivity contribution in [3.63, 3.8) is 0 Å². The molecule has 0 radical (unpaired) electrons. The van der Waals surface area contributed by atoms with E-state index in [0.29, 0.717) is 31.0 Å². The molecule has 13 heteroatoms. The van der Waals surface area contributed by atoms with Gasteiger partial charge < -0.3 is 4.74 Å². The van der Waals surface area contributed by atoms with E-state index in [4.69, 9.17) is 0 Å². The van der Waals surface area contributed by atoms with Gasteiger partial charge in [-0.3, -0.25) is 5.32 Å². The van der Waals surface area contributed by atoms with Gasteiger partial charge >= 0.3 is 6.09 Å². The molecule has 3 heterocycles. The third-order valence-electron chi connectivity index (χ3n) is 4.45. The zero-order chi connectivity index (χ0) is 20.4. The van der Waals surface area contributed by atoms with Gasteiger partial charge in [0.1, 0.15) is 12.2 Å². The SMILES string of the molecule is COC(=O)Nc1ccc(S(=O)(=O)N2CC(n3cc(Cn4nccn4)nn3)C2)cc1. The lowest BCUT2D eigenvalue weighted by molar-refractivity contribution is 0.187. The predicted octanol–water partition coefficient (Wildman–Crippen LogP) is 0.342. The lowest BCUT2D eigenvalue weighted by Crippen LogP contribution is -2.50. The maximum Gasteiger partial charge on any atom is 0.411 e. The van der Waals surface area contributed by atoms with E-state index in [1.165, 1.54) is 40.5 Å². The molecule has 0 spiro atoms. The van der Waals surface area contributed by atoms with Crippen LogP contribution in [0.3, 0.4) is 0 Å². The molecule has 1 saturated heterocycles. The van der Waals surface area contributed by atoms with Crippen LogP contribution in [0.4, 0.5) is 10.5 Å². The first-order valence-electron chi connectivity index (χ1n) is 8.66. The van der Waals surface area contributed by atoms with Crippen molar-refractivity contribution >= 4 is 21.8 Å². The summed E-state index contributed by atoms with van der Waals surface area (Å²) >= 11 is 0. The van der Waals surface area contributed by atoms with Crippen molar-refractivity contribution in [2.45, 2.75) is 17.5 Å². The van der Waals surface area contributed by atoms with Crippen LogP contribution >= 0.6 is 0 Å². The number of hydrogen-bond acceptors (Lipinski definition) is 8. The highest BCUT2D eigenvalue weighted by atomic mass is 32.2. The van der Waals surface area contributed by atoms with Gasteiger partial charge in [-0.05, 0) is 24.3 Å². The minimum absolute atomic E-state index is 0.0862. The molecule has 1 aliphatic rings. The highest BCUT2D eigenvalue weighted by molar-refractivity contribution is 7.89. The van der Waals surface area contributed by atoms with Gasteiger partial charge in [0.15, 0.2) is 0 Å². The van der Waals surface area contributed by atoms with E-state index < -0.39 is 16.1 Å². The van der Waals surface area contributed by atoms with E-state index in [-0.39, 0.29) is 10.9 Å². The number of aromatic nitrogens is 6. The largest absolute Gasteiger partial charge is 0.453 e. The molecule has 0 saturated carbocycles. The fourth-order valence-corrected chi connectivity index (χ4v) is 4.36. The second-order valence-electron chi connectivity index (χ2n) is 6.37. The molecule has 12 nitrogen and oxygen atoms in total. The molecule has 1 fully saturated rings. The lowest BCUT2D eigenvalue weighted by atomic mass is 10.2. The summed E-state index contributed by atoms with van der Waals surface area (Å²) in [5, 5.41) is 18.7. The van der Waals surface area contributed by atoms with Gasteiger partial charge in [0, 0.05) is 18.8 Å². The number of anilines is 1. The fourth-order valence-electron chi connectivity index (χ4n) is 2.84. The summed E-state index contributed by atoms with van der Waals surface area (Å²) in [5.74, 6) is 0. The van der Waals surface area contributed by atoms with Gasteiger partial charge in [-0.25, -0.2) is 17.9 Å². The normalized spacial score (nSPS) is 15.1. The van der Waals surface area contributed by atoms with Gasteiger partial charge in [-0.15, -0.1) is 5.10 Å². The number of sulfonamides is 1. The van der Waals surface area contributed by atoms with Crippen molar-refractivity contribution in [2.24, 2.45) is 0 Å². The molecule has 3 aromatic rings. The standard InChI is InChI=1S/C16H18N8O4S/c1-28-16(25)19-12-2-4-15(5-3-12)29(26,27)22-10-14(11-22)23-8-13(20-21-23)9-24-17-6-7-18-24/h2-8,14H,9-11H2,1H3,(H,19,25). The van der Waals surface area contributed by atoms with Crippen LogP contribution in [0.2, 0.25) is 0 Å². The number of rotatable bonds is 6. The lowest BCUT2D eigenvalue weighted by Gasteiger charge is -2.37. The Hall–Kier alpha value is -3.32. The van der Waals surface area contributed by atoms with Gasteiger partial charge in [-0.2, -0.15) is 19.3 Å². The second kappa shape index (κ2) is 7.60. The Balaban J connectivity index is 1.37. The molecule has 29 heavy (non-hydrogen) atoms. The van der Waals surface area contributed by atoms with Crippen molar-refractivity contribution in [1.29, 1.82) is 0 Å². The first-order valence-corrected chi connectivity index (χ1v) is 10.1. The minimum atomic E-state index is -3.62. The van der Waals surface area contributed by atoms with Crippen LogP contribution in [0.5, 0.6) is 0 Å². The Morgan fingerprint density at radius 2 is 1.90 bits per heavy atom. The number of nitrogens with one attached hydrogen (secondary N) is 1. The van der Waals surface area contributed by atoms with Crippen LogP contribution < -0.4 is 5.32 Å². The van der Waals surface area contributed by atoms with E-state index in [1.807, 2.05) is 0 Å². The molecular formula is C16H18N8O4S. The first-order chi connectivity index (χ1) is 14.0. The Kier molecular flexibility index (Phi) is 4.98. The molecule has 152 valence electrons. The number of ether oxygens (including phenoxy) is 1. The molecule has 2 aromatic heterocycles. The molecule has 0 unspecified atom stereocenters. The summed E-state index contributed by atoms with van der Waals surface area (Å²) < 4.78 is 33.0. The Morgan fingerprint density at radius 1 is 1.21 bits per heavy atom. The molecule has 0 atom stereocenters. The molecular weight excluding hydrogens is 400 g/mol. The quantitative estimate of drug-likeness (QED) is 0.605. The summed E-state index contributed by atoms with van der Waals surface area (Å²) in [4.78, 5) is 12.8. The second-order valence-corrected chi connectivity index (χ2v) is 8.30. The molecule has 1 N–H and O–H groups in total. The fraction of sp³-hybridized carbons (Fsp3) is 0.312. The number of methoxy groups -OCH3 is 1. The van der Waals surface area contributed by atoms with Gasteiger partial charge in [0.25, 0.3) is 0 Å². The monoisotopic (exact) mass is 418 g/mol. The zero-order valence-corrected chi connectivity index (χ0v) is 16.2. The number of carbonyl (C=O) groups is 1. The van der Waals surface area contributed by atoms with Crippen LogP contribution in [0.15, 0.2) is 47.8 Å². The van der Waals surface area contributed by atoms with Crippen LogP contribution in [-0.4, -0.2) is 69.0 Å². The van der Waals surface area contributed by atoms with Crippen molar-refractivity contribution in [3.8, 4) is 0 Å². The summed E-state index contributed by atoms with van der Waals surface area (Å²) in [5.41, 5.74) is 1.13. The van der Waals surface area contributed by atoms with Crippen LogP contribution in [0.1, 0.15) is 11.7 Å². The number of hydrogen-bond donors (Lipinski definition) is 1. The smallest absolute Gasteiger partial charge is 0.411 e. The molecule has 1 aliphatic heterocycles. The van der Waals surface area contributed by atoms with Crippen molar-refractivity contribution < 1.29 is 17.9 Å². The van der Waals surface area contributed by atoms with Crippen molar-refractivity contribution in [3.05, 3.63) is 48.5 Å². The van der Waals surface area contributed by atoms with E-state index >= 15 is 0 Å². The topological polar surface area (TPSA) is 137 Å². The third-order valence-corrected chi connectivity index (χ3v) is 6.30. The average Bonchev–Trinajstić information content (AvgIpc) is 3.33. The van der Waals surface area contributed by atoms with Crippen LogP contribution in [0, 0.1) is 0 Å². The number of carbonyl (C=O) groups excluding carboxylic acids is 1.